The van der Waals surface area contributed by atoms with E-state index < -0.39 is 10.7 Å². The number of nitro groups is 1. The highest BCUT2D eigenvalue weighted by atomic mass is 35.5. The van der Waals surface area contributed by atoms with Crippen LogP contribution in [-0.2, 0) is 11.2 Å². The SMILES string of the molecule is O=C(CCc1ncc(-c2ccccc2F)o1)N1CCN(c2ccc(Cl)cc2[N+](=O)[O-])CC1. The number of aryl methyl sites for hydroxylation is 1. The van der Waals surface area contributed by atoms with Gasteiger partial charge in [0, 0.05) is 50.1 Å². The summed E-state index contributed by atoms with van der Waals surface area (Å²) in [6.07, 6.45) is 1.96. The third kappa shape index (κ3) is 4.72. The van der Waals surface area contributed by atoms with Gasteiger partial charge >= 0.3 is 0 Å². The minimum Gasteiger partial charge on any atom is -0.441 e. The van der Waals surface area contributed by atoms with E-state index in [1.54, 1.807) is 35.2 Å². The van der Waals surface area contributed by atoms with Crippen molar-refractivity contribution in [1.82, 2.24) is 9.88 Å². The van der Waals surface area contributed by atoms with Crippen molar-refractivity contribution in [2.24, 2.45) is 0 Å². The minimum absolute atomic E-state index is 0.0492. The summed E-state index contributed by atoms with van der Waals surface area (Å²) in [4.78, 5) is 31.3. The van der Waals surface area contributed by atoms with Crippen LogP contribution in [0.2, 0.25) is 5.02 Å². The van der Waals surface area contributed by atoms with Gasteiger partial charge in [-0.1, -0.05) is 23.7 Å². The predicted molar refractivity (Wildman–Crippen MR) is 117 cm³/mol. The number of rotatable bonds is 6. The highest BCUT2D eigenvalue weighted by Crippen LogP contribution is 2.31. The zero-order valence-corrected chi connectivity index (χ0v) is 17.8. The van der Waals surface area contributed by atoms with E-state index in [-0.39, 0.29) is 18.0 Å². The summed E-state index contributed by atoms with van der Waals surface area (Å²) < 4.78 is 19.5. The van der Waals surface area contributed by atoms with Crippen molar-refractivity contribution < 1.29 is 18.5 Å². The lowest BCUT2D eigenvalue weighted by molar-refractivity contribution is -0.384. The van der Waals surface area contributed by atoms with Gasteiger partial charge in [-0.15, -0.1) is 0 Å². The number of carbonyl (C=O) groups excluding carboxylic acids is 1. The number of amides is 1. The zero-order valence-electron chi connectivity index (χ0n) is 17.0. The molecule has 0 radical (unpaired) electrons. The first-order chi connectivity index (χ1) is 15.4. The van der Waals surface area contributed by atoms with Crippen molar-refractivity contribution in [3.8, 4) is 11.3 Å². The Morgan fingerprint density at radius 1 is 1.19 bits per heavy atom. The van der Waals surface area contributed by atoms with Gasteiger partial charge in [0.1, 0.15) is 11.5 Å². The summed E-state index contributed by atoms with van der Waals surface area (Å²) in [6, 6.07) is 10.8. The van der Waals surface area contributed by atoms with E-state index in [2.05, 4.69) is 4.98 Å². The molecule has 2 aromatic carbocycles. The highest BCUT2D eigenvalue weighted by Gasteiger charge is 2.26. The van der Waals surface area contributed by atoms with Crippen molar-refractivity contribution >= 4 is 28.9 Å². The lowest BCUT2D eigenvalue weighted by atomic mass is 10.2. The number of benzene rings is 2. The number of hydrogen-bond donors (Lipinski definition) is 0. The predicted octanol–water partition coefficient (Wildman–Crippen LogP) is 4.32. The van der Waals surface area contributed by atoms with Crippen LogP contribution in [0.1, 0.15) is 12.3 Å². The van der Waals surface area contributed by atoms with Gasteiger partial charge in [-0.25, -0.2) is 9.37 Å². The lowest BCUT2D eigenvalue weighted by Crippen LogP contribution is -2.49. The summed E-state index contributed by atoms with van der Waals surface area (Å²) >= 11 is 5.89. The first-order valence-corrected chi connectivity index (χ1v) is 10.5. The molecule has 3 aromatic rings. The molecule has 2 heterocycles. The van der Waals surface area contributed by atoms with E-state index in [1.807, 2.05) is 4.90 Å². The fourth-order valence-corrected chi connectivity index (χ4v) is 3.86. The number of aromatic nitrogens is 1. The van der Waals surface area contributed by atoms with Gasteiger partial charge in [-0.05, 0) is 24.3 Å². The monoisotopic (exact) mass is 458 g/mol. The van der Waals surface area contributed by atoms with E-state index in [4.69, 9.17) is 16.0 Å². The second kappa shape index (κ2) is 9.35. The van der Waals surface area contributed by atoms with Crippen LogP contribution in [0.15, 0.2) is 53.1 Å². The molecule has 0 spiro atoms. The second-order valence-electron chi connectivity index (χ2n) is 7.36. The van der Waals surface area contributed by atoms with Gasteiger partial charge in [0.15, 0.2) is 11.7 Å². The highest BCUT2D eigenvalue weighted by molar-refractivity contribution is 6.30. The van der Waals surface area contributed by atoms with E-state index in [1.165, 1.54) is 18.3 Å². The summed E-state index contributed by atoms with van der Waals surface area (Å²) in [5, 5.41) is 11.6. The summed E-state index contributed by atoms with van der Waals surface area (Å²) in [5.41, 5.74) is 0.767. The molecule has 0 atom stereocenters. The fraction of sp³-hybridized carbons (Fsp3) is 0.273. The van der Waals surface area contributed by atoms with E-state index >= 15 is 0 Å². The molecule has 1 saturated heterocycles. The molecule has 166 valence electrons. The van der Waals surface area contributed by atoms with Gasteiger partial charge < -0.3 is 14.2 Å². The Hall–Kier alpha value is -3.46. The largest absolute Gasteiger partial charge is 0.441 e. The Morgan fingerprint density at radius 2 is 1.94 bits per heavy atom. The quantitative estimate of drug-likeness (QED) is 0.403. The number of nitro benzene ring substituents is 1. The number of carbonyl (C=O) groups is 1. The summed E-state index contributed by atoms with van der Waals surface area (Å²) in [5.74, 6) is 0.238. The average Bonchev–Trinajstić information content (AvgIpc) is 3.26. The van der Waals surface area contributed by atoms with Crippen LogP contribution in [0, 0.1) is 15.9 Å². The molecule has 32 heavy (non-hydrogen) atoms. The molecule has 1 amide bonds. The first-order valence-electron chi connectivity index (χ1n) is 10.1. The average molecular weight is 459 g/mol. The molecule has 1 aliphatic rings. The molecule has 0 bridgehead atoms. The minimum atomic E-state index is -0.454. The van der Waals surface area contributed by atoms with Crippen molar-refractivity contribution in [3.05, 3.63) is 75.5 Å². The van der Waals surface area contributed by atoms with E-state index in [0.29, 0.717) is 60.5 Å². The number of hydrogen-bond acceptors (Lipinski definition) is 6. The standard InChI is InChI=1S/C22H20ClFN4O4/c23-15-5-6-18(19(13-15)28(30)31)26-9-11-27(12-10-26)22(29)8-7-21-25-14-20(32-21)16-3-1-2-4-17(16)24/h1-6,13-14H,7-12H2. The molecular weight excluding hydrogens is 439 g/mol. The van der Waals surface area contributed by atoms with Crippen molar-refractivity contribution in [2.75, 3.05) is 31.1 Å². The van der Waals surface area contributed by atoms with Crippen LogP contribution < -0.4 is 4.90 Å². The number of anilines is 1. The molecule has 10 heteroatoms. The Labute approximate surface area is 188 Å². The topological polar surface area (TPSA) is 92.7 Å². The Balaban J connectivity index is 1.32. The second-order valence-corrected chi connectivity index (χ2v) is 7.79. The molecule has 0 N–H and O–H groups in total. The molecule has 0 saturated carbocycles. The molecule has 1 aliphatic heterocycles. The van der Waals surface area contributed by atoms with E-state index in [9.17, 15) is 19.3 Å². The number of nitrogens with zero attached hydrogens (tertiary/aromatic N) is 4. The number of piperazine rings is 1. The molecule has 0 aliphatic carbocycles. The third-order valence-electron chi connectivity index (χ3n) is 5.35. The van der Waals surface area contributed by atoms with Crippen molar-refractivity contribution in [3.63, 3.8) is 0 Å². The molecule has 1 aromatic heterocycles. The van der Waals surface area contributed by atoms with Gasteiger partial charge in [-0.3, -0.25) is 14.9 Å². The maximum atomic E-state index is 13.9. The third-order valence-corrected chi connectivity index (χ3v) is 5.59. The van der Waals surface area contributed by atoms with Gasteiger partial charge in [-0.2, -0.15) is 0 Å². The molecule has 4 rings (SSSR count). The Kier molecular flexibility index (Phi) is 6.36. The van der Waals surface area contributed by atoms with Crippen LogP contribution in [0.25, 0.3) is 11.3 Å². The Morgan fingerprint density at radius 3 is 2.66 bits per heavy atom. The smallest absolute Gasteiger partial charge is 0.294 e. The number of oxazole rings is 1. The van der Waals surface area contributed by atoms with E-state index in [0.717, 1.165) is 0 Å². The normalized spacial score (nSPS) is 13.9. The van der Waals surface area contributed by atoms with Gasteiger partial charge in [0.25, 0.3) is 5.69 Å². The summed E-state index contributed by atoms with van der Waals surface area (Å²) in [6.45, 7) is 1.85. The van der Waals surface area contributed by atoms with Crippen LogP contribution in [0.5, 0.6) is 0 Å². The van der Waals surface area contributed by atoms with Crippen LogP contribution in [0.4, 0.5) is 15.8 Å². The molecule has 1 fully saturated rings. The van der Waals surface area contributed by atoms with Gasteiger partial charge in [0.2, 0.25) is 5.91 Å². The zero-order chi connectivity index (χ0) is 22.7. The van der Waals surface area contributed by atoms with Crippen LogP contribution in [-0.4, -0.2) is 46.9 Å². The molecule has 8 nitrogen and oxygen atoms in total. The molecule has 0 unspecified atom stereocenters. The summed E-state index contributed by atoms with van der Waals surface area (Å²) in [7, 11) is 0. The number of halogens is 2. The Bertz CT molecular complexity index is 1140. The maximum Gasteiger partial charge on any atom is 0.294 e. The van der Waals surface area contributed by atoms with Crippen molar-refractivity contribution in [1.29, 1.82) is 0 Å². The lowest BCUT2D eigenvalue weighted by Gasteiger charge is -2.35. The van der Waals surface area contributed by atoms with Crippen LogP contribution in [0.3, 0.4) is 0 Å². The maximum absolute atomic E-state index is 13.9. The van der Waals surface area contributed by atoms with Crippen LogP contribution >= 0.6 is 11.6 Å². The van der Waals surface area contributed by atoms with Gasteiger partial charge in [0.05, 0.1) is 16.7 Å². The fourth-order valence-electron chi connectivity index (χ4n) is 3.69. The first kappa shape index (κ1) is 21.8. The van der Waals surface area contributed by atoms with Crippen molar-refractivity contribution in [2.45, 2.75) is 12.8 Å². The molecular formula is C22H20ClFN4O4.